The summed E-state index contributed by atoms with van der Waals surface area (Å²) in [6.45, 7) is 2.48. The molecule has 1 aromatic heterocycles. The zero-order chi connectivity index (χ0) is 18.4. The van der Waals surface area contributed by atoms with Crippen molar-refractivity contribution in [1.29, 1.82) is 0 Å². The first-order valence-corrected chi connectivity index (χ1v) is 9.63. The Morgan fingerprint density at radius 1 is 1.38 bits per heavy atom. The molecule has 2 aromatic rings. The molecule has 2 aliphatic carbocycles. The zero-order valence-corrected chi connectivity index (χ0v) is 15.5. The maximum absolute atomic E-state index is 12.8. The van der Waals surface area contributed by atoms with E-state index in [1.165, 1.54) is 4.57 Å². The summed E-state index contributed by atoms with van der Waals surface area (Å²) >= 11 is 5.24. The van der Waals surface area contributed by atoms with E-state index in [1.807, 2.05) is 6.92 Å². The summed E-state index contributed by atoms with van der Waals surface area (Å²) in [5.74, 6) is 0.974. The standard InChI is InChI=1S/C19H23N3O3S/c1-2-22-18(25)13-6-5-12(8-15(13)20-19(22)26)17(24)21-16-11-4-3-10(7-11)14(16)9-23/h5-6,8,10-11,14,16,23H,2-4,7,9H2,1H3,(H,20,26)(H,21,24)/t10-,11-,14+,16-/m0/s1. The smallest absolute Gasteiger partial charge is 0.262 e. The van der Waals surface area contributed by atoms with Gasteiger partial charge in [-0.3, -0.25) is 14.2 Å². The minimum atomic E-state index is -0.165. The van der Waals surface area contributed by atoms with Crippen LogP contribution in [0.15, 0.2) is 23.0 Å². The van der Waals surface area contributed by atoms with Crippen LogP contribution in [-0.4, -0.2) is 33.2 Å². The van der Waals surface area contributed by atoms with Crippen LogP contribution in [0, 0.1) is 22.5 Å². The first kappa shape index (κ1) is 17.4. The Bertz CT molecular complexity index is 980. The Kier molecular flexibility index (Phi) is 4.44. The third-order valence-electron chi connectivity index (χ3n) is 6.16. The number of amides is 1. The van der Waals surface area contributed by atoms with Gasteiger partial charge in [0.25, 0.3) is 11.5 Å². The van der Waals surface area contributed by atoms with Gasteiger partial charge in [-0.25, -0.2) is 0 Å². The predicted octanol–water partition coefficient (Wildman–Crippen LogP) is 2.22. The molecule has 7 heteroatoms. The fraction of sp³-hybridized carbons (Fsp3) is 0.526. The molecule has 4 rings (SSSR count). The highest BCUT2D eigenvalue weighted by Crippen LogP contribution is 2.48. The summed E-state index contributed by atoms with van der Waals surface area (Å²) < 4.78 is 1.86. The number of carbonyl (C=O) groups excluding carboxylic acids is 1. The lowest BCUT2D eigenvalue weighted by Gasteiger charge is -2.30. The molecule has 0 saturated heterocycles. The van der Waals surface area contributed by atoms with Crippen LogP contribution >= 0.6 is 12.2 Å². The number of hydrogen-bond acceptors (Lipinski definition) is 4. The van der Waals surface area contributed by atoms with Crippen LogP contribution in [0.3, 0.4) is 0 Å². The van der Waals surface area contributed by atoms with Gasteiger partial charge in [0, 0.05) is 30.7 Å². The summed E-state index contributed by atoms with van der Waals surface area (Å²) in [7, 11) is 0. The van der Waals surface area contributed by atoms with Crippen LogP contribution in [0.25, 0.3) is 10.9 Å². The van der Waals surface area contributed by atoms with E-state index in [9.17, 15) is 14.7 Å². The number of aliphatic hydroxyl groups is 1. The van der Waals surface area contributed by atoms with Crippen molar-refractivity contribution in [2.45, 2.75) is 38.8 Å². The topological polar surface area (TPSA) is 87.1 Å². The number of H-pyrrole nitrogens is 1. The quantitative estimate of drug-likeness (QED) is 0.717. The summed E-state index contributed by atoms with van der Waals surface area (Å²) in [6, 6.07) is 5.07. The summed E-state index contributed by atoms with van der Waals surface area (Å²) in [4.78, 5) is 28.3. The highest BCUT2D eigenvalue weighted by atomic mass is 32.1. The number of nitrogens with zero attached hydrogens (tertiary/aromatic N) is 1. The summed E-state index contributed by atoms with van der Waals surface area (Å²) in [5, 5.41) is 13.3. The van der Waals surface area contributed by atoms with Crippen LogP contribution in [-0.2, 0) is 6.54 Å². The summed E-state index contributed by atoms with van der Waals surface area (Å²) in [6.07, 6.45) is 3.36. The molecule has 0 radical (unpaired) electrons. The van der Waals surface area contributed by atoms with Gasteiger partial charge in [-0.1, -0.05) is 0 Å². The molecule has 4 atom stereocenters. The van der Waals surface area contributed by atoms with E-state index >= 15 is 0 Å². The van der Waals surface area contributed by atoms with Gasteiger partial charge in [0.1, 0.15) is 0 Å². The van der Waals surface area contributed by atoms with E-state index in [1.54, 1.807) is 18.2 Å². The number of fused-ring (bicyclic) bond motifs is 3. The number of rotatable bonds is 4. The van der Waals surface area contributed by atoms with Crippen molar-refractivity contribution in [2.24, 2.45) is 17.8 Å². The fourth-order valence-electron chi connectivity index (χ4n) is 4.82. The number of aromatic nitrogens is 2. The van der Waals surface area contributed by atoms with Crippen LogP contribution in [0.4, 0.5) is 0 Å². The molecule has 2 fully saturated rings. The Labute approximate surface area is 156 Å². The van der Waals surface area contributed by atoms with Gasteiger partial charge in [0.15, 0.2) is 4.77 Å². The number of aromatic amines is 1. The van der Waals surface area contributed by atoms with Gasteiger partial charge in [-0.05, 0) is 68.4 Å². The maximum Gasteiger partial charge on any atom is 0.262 e. The van der Waals surface area contributed by atoms with Crippen molar-refractivity contribution in [1.82, 2.24) is 14.9 Å². The molecule has 1 heterocycles. The van der Waals surface area contributed by atoms with E-state index in [0.29, 0.717) is 39.6 Å². The lowest BCUT2D eigenvalue weighted by atomic mass is 9.85. The fourth-order valence-corrected chi connectivity index (χ4v) is 5.14. The van der Waals surface area contributed by atoms with Crippen molar-refractivity contribution >= 4 is 29.0 Å². The average Bonchev–Trinajstić information content (AvgIpc) is 3.23. The third kappa shape index (κ3) is 2.70. The first-order chi connectivity index (χ1) is 12.5. The molecule has 3 N–H and O–H groups in total. The van der Waals surface area contributed by atoms with Crippen molar-refractivity contribution < 1.29 is 9.90 Å². The molecular weight excluding hydrogens is 350 g/mol. The second-order valence-corrected chi connectivity index (χ2v) is 7.81. The van der Waals surface area contributed by atoms with Crippen LogP contribution in [0.5, 0.6) is 0 Å². The van der Waals surface area contributed by atoms with Gasteiger partial charge in [-0.2, -0.15) is 0 Å². The third-order valence-corrected chi connectivity index (χ3v) is 6.48. The molecule has 26 heavy (non-hydrogen) atoms. The highest BCUT2D eigenvalue weighted by Gasteiger charge is 2.47. The molecule has 1 amide bonds. The van der Waals surface area contributed by atoms with Gasteiger partial charge in [0.2, 0.25) is 0 Å². The number of hydrogen-bond donors (Lipinski definition) is 3. The summed E-state index contributed by atoms with van der Waals surface area (Å²) in [5.41, 5.74) is 0.923. The molecule has 6 nitrogen and oxygen atoms in total. The maximum atomic E-state index is 12.8. The van der Waals surface area contributed by atoms with Gasteiger partial charge >= 0.3 is 0 Å². The normalized spacial score (nSPS) is 27.2. The van der Waals surface area contributed by atoms with Crippen LogP contribution in [0.2, 0.25) is 0 Å². The molecule has 0 spiro atoms. The lowest BCUT2D eigenvalue weighted by molar-refractivity contribution is 0.0861. The van der Waals surface area contributed by atoms with E-state index in [4.69, 9.17) is 12.2 Å². The monoisotopic (exact) mass is 373 g/mol. The SMILES string of the molecule is CCn1c(=S)[nH]c2cc(C(=O)N[C@H]3[C@H]4CC[C@@H](C4)[C@H]3CO)ccc2c1=O. The minimum Gasteiger partial charge on any atom is -0.396 e. The van der Waals surface area contributed by atoms with Gasteiger partial charge in [0.05, 0.1) is 10.9 Å². The zero-order valence-electron chi connectivity index (χ0n) is 14.7. The van der Waals surface area contributed by atoms with E-state index in [-0.39, 0.29) is 30.0 Å². The molecule has 2 bridgehead atoms. The molecule has 1 aromatic carbocycles. The highest BCUT2D eigenvalue weighted by molar-refractivity contribution is 7.71. The Balaban J connectivity index is 1.63. The van der Waals surface area contributed by atoms with Gasteiger partial charge < -0.3 is 15.4 Å². The van der Waals surface area contributed by atoms with E-state index in [0.717, 1.165) is 19.3 Å². The molecular formula is C19H23N3O3S. The lowest BCUT2D eigenvalue weighted by Crippen LogP contribution is -2.45. The van der Waals surface area contributed by atoms with Crippen molar-refractivity contribution in [3.05, 3.63) is 38.9 Å². The Morgan fingerprint density at radius 2 is 2.15 bits per heavy atom. The first-order valence-electron chi connectivity index (χ1n) is 9.22. The van der Waals surface area contributed by atoms with Gasteiger partial charge in [-0.15, -0.1) is 0 Å². The number of aliphatic hydroxyl groups excluding tert-OH is 1. The second kappa shape index (κ2) is 6.63. The van der Waals surface area contributed by atoms with E-state index in [2.05, 4.69) is 10.3 Å². The second-order valence-electron chi connectivity index (χ2n) is 7.42. The van der Waals surface area contributed by atoms with Crippen molar-refractivity contribution in [2.75, 3.05) is 6.61 Å². The number of nitrogens with one attached hydrogen (secondary N) is 2. The molecule has 138 valence electrons. The minimum absolute atomic E-state index is 0.0357. The van der Waals surface area contributed by atoms with E-state index < -0.39 is 0 Å². The number of carbonyl (C=O) groups is 1. The van der Waals surface area contributed by atoms with Crippen molar-refractivity contribution in [3.63, 3.8) is 0 Å². The van der Waals surface area contributed by atoms with Crippen LogP contribution < -0.4 is 10.9 Å². The van der Waals surface area contributed by atoms with Crippen LogP contribution in [0.1, 0.15) is 36.5 Å². The Morgan fingerprint density at radius 3 is 2.88 bits per heavy atom. The molecule has 0 aliphatic heterocycles. The number of benzene rings is 1. The predicted molar refractivity (Wildman–Crippen MR) is 102 cm³/mol. The van der Waals surface area contributed by atoms with Crippen molar-refractivity contribution in [3.8, 4) is 0 Å². The molecule has 0 unspecified atom stereocenters. The molecule has 2 saturated carbocycles. The molecule has 2 aliphatic rings. The largest absolute Gasteiger partial charge is 0.396 e. The average molecular weight is 373 g/mol. The Hall–Kier alpha value is -1.99.